The van der Waals surface area contributed by atoms with Crippen LogP contribution in [0.1, 0.15) is 0 Å². The van der Waals surface area contributed by atoms with Crippen molar-refractivity contribution >= 4 is 38.1 Å². The highest BCUT2D eigenvalue weighted by molar-refractivity contribution is 7.22. The molecule has 3 nitrogen and oxygen atoms in total. The van der Waals surface area contributed by atoms with E-state index in [0.29, 0.717) is 0 Å². The quantitative estimate of drug-likeness (QED) is 0.674. The molecule has 0 atom stereocenters. The fraction of sp³-hybridized carbons (Fsp3) is 0. The van der Waals surface area contributed by atoms with E-state index >= 15 is 0 Å². The topological polar surface area (TPSA) is 50.9 Å². The van der Waals surface area contributed by atoms with Crippen molar-refractivity contribution in [1.29, 1.82) is 0 Å². The number of anilines is 3. The molecule has 3 N–H and O–H groups in total. The van der Waals surface area contributed by atoms with Crippen LogP contribution in [0.2, 0.25) is 0 Å². The zero-order valence-corrected chi connectivity index (χ0v) is 9.87. The minimum atomic E-state index is 0.722. The Hall–Kier alpha value is -2.07. The lowest BCUT2D eigenvalue weighted by Gasteiger charge is -2.00. The van der Waals surface area contributed by atoms with Gasteiger partial charge in [0.1, 0.15) is 5.52 Å². The number of nitrogens with zero attached hydrogens (tertiary/aromatic N) is 1. The summed E-state index contributed by atoms with van der Waals surface area (Å²) in [5.41, 5.74) is 8.51. The van der Waals surface area contributed by atoms with E-state index in [1.165, 1.54) is 0 Å². The number of para-hydroxylation sites is 2. The van der Waals surface area contributed by atoms with Gasteiger partial charge in [-0.3, -0.25) is 0 Å². The summed E-state index contributed by atoms with van der Waals surface area (Å²) < 4.78 is 1.10. The Morgan fingerprint density at radius 2 is 1.82 bits per heavy atom. The smallest absolute Gasteiger partial charge is 0.188 e. The van der Waals surface area contributed by atoms with E-state index in [9.17, 15) is 0 Å². The normalized spacial score (nSPS) is 10.6. The van der Waals surface area contributed by atoms with Gasteiger partial charge in [-0.2, -0.15) is 0 Å². The molecular formula is C13H11N3S. The molecule has 0 aliphatic heterocycles. The average molecular weight is 241 g/mol. The number of rotatable bonds is 2. The van der Waals surface area contributed by atoms with Crippen molar-refractivity contribution in [2.75, 3.05) is 11.1 Å². The summed E-state index contributed by atoms with van der Waals surface area (Å²) in [5.74, 6) is 0. The third-order valence-corrected chi connectivity index (χ3v) is 3.41. The first kappa shape index (κ1) is 10.1. The molecular weight excluding hydrogens is 230 g/mol. The molecule has 0 bridgehead atoms. The molecule has 1 aromatic heterocycles. The molecule has 3 aromatic rings. The van der Waals surface area contributed by atoms with Gasteiger partial charge in [0.05, 0.1) is 10.4 Å². The van der Waals surface area contributed by atoms with Crippen LogP contribution in [0, 0.1) is 0 Å². The SMILES string of the molecule is Nc1cccc2sc(Nc3ccccc3)nc12. The maximum Gasteiger partial charge on any atom is 0.188 e. The second-order valence-corrected chi connectivity index (χ2v) is 4.73. The zero-order valence-electron chi connectivity index (χ0n) is 9.05. The minimum Gasteiger partial charge on any atom is -0.397 e. The molecule has 0 saturated heterocycles. The van der Waals surface area contributed by atoms with Crippen LogP contribution in [0.5, 0.6) is 0 Å². The van der Waals surface area contributed by atoms with Crippen LogP contribution >= 0.6 is 11.3 Å². The third-order valence-electron chi connectivity index (χ3n) is 2.48. The number of nitrogens with two attached hydrogens (primary N) is 1. The van der Waals surface area contributed by atoms with Crippen LogP contribution in [-0.2, 0) is 0 Å². The van der Waals surface area contributed by atoms with Gasteiger partial charge in [0.2, 0.25) is 0 Å². The standard InChI is InChI=1S/C13H11N3S/c14-10-7-4-8-11-12(10)16-13(17-11)15-9-5-2-1-3-6-9/h1-8H,14H2,(H,15,16). The predicted octanol–water partition coefficient (Wildman–Crippen LogP) is 3.62. The molecule has 0 unspecified atom stereocenters. The molecule has 0 fully saturated rings. The van der Waals surface area contributed by atoms with Crippen LogP contribution in [0.3, 0.4) is 0 Å². The Morgan fingerprint density at radius 3 is 2.59 bits per heavy atom. The summed E-state index contributed by atoms with van der Waals surface area (Å²) in [6.45, 7) is 0. The Kier molecular flexibility index (Phi) is 2.42. The summed E-state index contributed by atoms with van der Waals surface area (Å²) in [6.07, 6.45) is 0. The Balaban J connectivity index is 1.99. The molecule has 0 aliphatic rings. The van der Waals surface area contributed by atoms with Gasteiger partial charge in [-0.25, -0.2) is 4.98 Å². The van der Waals surface area contributed by atoms with Crippen molar-refractivity contribution in [3.8, 4) is 0 Å². The Morgan fingerprint density at radius 1 is 1.00 bits per heavy atom. The van der Waals surface area contributed by atoms with E-state index in [-0.39, 0.29) is 0 Å². The van der Waals surface area contributed by atoms with E-state index in [1.807, 2.05) is 48.5 Å². The van der Waals surface area contributed by atoms with Crippen LogP contribution in [0.25, 0.3) is 10.2 Å². The van der Waals surface area contributed by atoms with Crippen molar-refractivity contribution in [3.63, 3.8) is 0 Å². The molecule has 3 rings (SSSR count). The van der Waals surface area contributed by atoms with E-state index in [0.717, 1.165) is 26.7 Å². The second kappa shape index (κ2) is 4.07. The van der Waals surface area contributed by atoms with Crippen molar-refractivity contribution in [3.05, 3.63) is 48.5 Å². The molecule has 17 heavy (non-hydrogen) atoms. The van der Waals surface area contributed by atoms with E-state index < -0.39 is 0 Å². The number of hydrogen-bond donors (Lipinski definition) is 2. The van der Waals surface area contributed by atoms with Crippen molar-refractivity contribution in [1.82, 2.24) is 4.98 Å². The molecule has 0 saturated carbocycles. The highest BCUT2D eigenvalue weighted by Gasteiger charge is 2.05. The fourth-order valence-electron chi connectivity index (χ4n) is 1.67. The monoisotopic (exact) mass is 241 g/mol. The number of fused-ring (bicyclic) bond motifs is 1. The van der Waals surface area contributed by atoms with Gasteiger partial charge in [0, 0.05) is 5.69 Å². The maximum absolute atomic E-state index is 5.88. The number of thiazole rings is 1. The van der Waals surface area contributed by atoms with Gasteiger partial charge in [0.25, 0.3) is 0 Å². The third kappa shape index (κ3) is 1.94. The summed E-state index contributed by atoms with van der Waals surface area (Å²) in [6, 6.07) is 15.8. The van der Waals surface area contributed by atoms with E-state index in [1.54, 1.807) is 11.3 Å². The molecule has 4 heteroatoms. The van der Waals surface area contributed by atoms with Crippen LogP contribution in [0.15, 0.2) is 48.5 Å². The summed E-state index contributed by atoms with van der Waals surface area (Å²) in [4.78, 5) is 4.49. The lowest BCUT2D eigenvalue weighted by molar-refractivity contribution is 1.44. The Labute approximate surface area is 103 Å². The first-order chi connectivity index (χ1) is 8.33. The number of benzene rings is 2. The lowest BCUT2D eigenvalue weighted by Crippen LogP contribution is -1.89. The predicted molar refractivity (Wildman–Crippen MR) is 73.8 cm³/mol. The van der Waals surface area contributed by atoms with Gasteiger partial charge in [-0.1, -0.05) is 35.6 Å². The summed E-state index contributed by atoms with van der Waals surface area (Å²) in [7, 11) is 0. The van der Waals surface area contributed by atoms with Crippen molar-refractivity contribution < 1.29 is 0 Å². The van der Waals surface area contributed by atoms with Gasteiger partial charge in [-0.15, -0.1) is 0 Å². The number of aromatic nitrogens is 1. The van der Waals surface area contributed by atoms with E-state index in [2.05, 4.69) is 10.3 Å². The molecule has 0 aliphatic carbocycles. The molecule has 1 heterocycles. The minimum absolute atomic E-state index is 0.722. The summed E-state index contributed by atoms with van der Waals surface area (Å²) in [5, 5.41) is 4.14. The lowest BCUT2D eigenvalue weighted by atomic mass is 10.3. The van der Waals surface area contributed by atoms with Crippen LogP contribution in [0.4, 0.5) is 16.5 Å². The fourth-order valence-corrected chi connectivity index (χ4v) is 2.59. The highest BCUT2D eigenvalue weighted by Crippen LogP contribution is 2.30. The van der Waals surface area contributed by atoms with Gasteiger partial charge in [-0.05, 0) is 24.3 Å². The molecule has 2 aromatic carbocycles. The highest BCUT2D eigenvalue weighted by atomic mass is 32.1. The second-order valence-electron chi connectivity index (χ2n) is 3.70. The van der Waals surface area contributed by atoms with Gasteiger partial charge in [0.15, 0.2) is 5.13 Å². The molecule has 0 radical (unpaired) electrons. The van der Waals surface area contributed by atoms with Crippen molar-refractivity contribution in [2.45, 2.75) is 0 Å². The Bertz CT molecular complexity index is 646. The van der Waals surface area contributed by atoms with Crippen LogP contribution in [-0.4, -0.2) is 4.98 Å². The molecule has 0 spiro atoms. The van der Waals surface area contributed by atoms with Gasteiger partial charge >= 0.3 is 0 Å². The largest absolute Gasteiger partial charge is 0.397 e. The summed E-state index contributed by atoms with van der Waals surface area (Å²) >= 11 is 1.60. The average Bonchev–Trinajstić information content (AvgIpc) is 2.74. The van der Waals surface area contributed by atoms with Gasteiger partial charge < -0.3 is 11.1 Å². The number of nitrogens with one attached hydrogen (secondary N) is 1. The molecule has 84 valence electrons. The maximum atomic E-state index is 5.88. The number of hydrogen-bond acceptors (Lipinski definition) is 4. The number of nitrogen functional groups attached to an aromatic ring is 1. The van der Waals surface area contributed by atoms with E-state index in [4.69, 9.17) is 5.73 Å². The van der Waals surface area contributed by atoms with Crippen LogP contribution < -0.4 is 11.1 Å². The van der Waals surface area contributed by atoms with Crippen molar-refractivity contribution in [2.24, 2.45) is 0 Å². The first-order valence-electron chi connectivity index (χ1n) is 5.30. The zero-order chi connectivity index (χ0) is 11.7. The molecule has 0 amide bonds. The first-order valence-corrected chi connectivity index (χ1v) is 6.12.